The van der Waals surface area contributed by atoms with Gasteiger partial charge < -0.3 is 4.74 Å². The molecule has 0 saturated heterocycles. The number of ether oxygens (including phenoxy) is 1. The van der Waals surface area contributed by atoms with Crippen molar-refractivity contribution in [2.24, 2.45) is 0 Å². The van der Waals surface area contributed by atoms with E-state index in [0.29, 0.717) is 17.4 Å². The third-order valence-corrected chi connectivity index (χ3v) is 2.85. The predicted octanol–water partition coefficient (Wildman–Crippen LogP) is 3.20. The molecule has 4 heteroatoms. The minimum absolute atomic E-state index is 0.0826. The molecule has 94 valence electrons. The average Bonchev–Trinajstić information content (AvgIpc) is 2.35. The molecule has 0 aliphatic carbocycles. The van der Waals surface area contributed by atoms with Crippen LogP contribution >= 0.6 is 11.6 Å². The highest BCUT2D eigenvalue weighted by Gasteiger charge is 2.05. The van der Waals surface area contributed by atoms with Gasteiger partial charge in [-0.3, -0.25) is 9.36 Å². The standard InChI is InChI=1S/C14H14ClNO2/c1-3-18-13-6-5-11(8-12(13)15)16-9-10(2)4-7-14(16)17/h4-9H,3H2,1-2H3. The Morgan fingerprint density at radius 1 is 1.28 bits per heavy atom. The molecule has 2 rings (SSSR count). The van der Waals surface area contributed by atoms with Crippen LogP contribution in [0.2, 0.25) is 5.02 Å². The molecule has 0 radical (unpaired) electrons. The maximum atomic E-state index is 11.8. The van der Waals surface area contributed by atoms with Crippen molar-refractivity contribution in [1.82, 2.24) is 4.57 Å². The highest BCUT2D eigenvalue weighted by Crippen LogP contribution is 2.26. The summed E-state index contributed by atoms with van der Waals surface area (Å²) >= 11 is 6.11. The van der Waals surface area contributed by atoms with Crippen LogP contribution in [0.1, 0.15) is 12.5 Å². The fourth-order valence-corrected chi connectivity index (χ4v) is 1.94. The first-order valence-electron chi connectivity index (χ1n) is 5.74. The van der Waals surface area contributed by atoms with E-state index in [1.807, 2.05) is 19.9 Å². The van der Waals surface area contributed by atoms with Crippen molar-refractivity contribution in [3.8, 4) is 11.4 Å². The highest BCUT2D eigenvalue weighted by molar-refractivity contribution is 6.32. The Labute approximate surface area is 111 Å². The van der Waals surface area contributed by atoms with E-state index in [1.165, 1.54) is 0 Å². The van der Waals surface area contributed by atoms with Crippen molar-refractivity contribution in [2.75, 3.05) is 6.61 Å². The Bertz CT molecular complexity index is 619. The van der Waals surface area contributed by atoms with E-state index in [2.05, 4.69) is 0 Å². The van der Waals surface area contributed by atoms with E-state index in [4.69, 9.17) is 16.3 Å². The lowest BCUT2D eigenvalue weighted by atomic mass is 10.2. The van der Waals surface area contributed by atoms with Crippen LogP contribution in [0.4, 0.5) is 0 Å². The zero-order valence-electron chi connectivity index (χ0n) is 10.3. The summed E-state index contributed by atoms with van der Waals surface area (Å²) in [6, 6.07) is 8.65. The van der Waals surface area contributed by atoms with Crippen molar-refractivity contribution in [3.63, 3.8) is 0 Å². The molecule has 0 amide bonds. The van der Waals surface area contributed by atoms with Crippen LogP contribution in [0.15, 0.2) is 41.3 Å². The Morgan fingerprint density at radius 3 is 2.72 bits per heavy atom. The fraction of sp³-hybridized carbons (Fsp3) is 0.214. The number of rotatable bonds is 3. The van der Waals surface area contributed by atoms with E-state index in [0.717, 1.165) is 11.3 Å². The Balaban J connectivity index is 2.48. The smallest absolute Gasteiger partial charge is 0.255 e. The number of halogens is 1. The van der Waals surface area contributed by atoms with E-state index in [1.54, 1.807) is 35.0 Å². The summed E-state index contributed by atoms with van der Waals surface area (Å²) in [6.45, 7) is 4.39. The van der Waals surface area contributed by atoms with Gasteiger partial charge >= 0.3 is 0 Å². The SMILES string of the molecule is CCOc1ccc(-n2cc(C)ccc2=O)cc1Cl. The predicted molar refractivity (Wildman–Crippen MR) is 73.0 cm³/mol. The minimum atomic E-state index is -0.0826. The lowest BCUT2D eigenvalue weighted by molar-refractivity contribution is 0.340. The monoisotopic (exact) mass is 263 g/mol. The fourth-order valence-electron chi connectivity index (χ4n) is 1.71. The number of aryl methyl sites for hydroxylation is 1. The molecule has 18 heavy (non-hydrogen) atoms. The van der Waals surface area contributed by atoms with Crippen LogP contribution < -0.4 is 10.3 Å². The van der Waals surface area contributed by atoms with Gasteiger partial charge in [-0.2, -0.15) is 0 Å². The van der Waals surface area contributed by atoms with E-state index >= 15 is 0 Å². The number of aromatic nitrogens is 1. The van der Waals surface area contributed by atoms with E-state index < -0.39 is 0 Å². The number of hydrogen-bond donors (Lipinski definition) is 0. The van der Waals surface area contributed by atoms with Gasteiger partial charge in [0.15, 0.2) is 0 Å². The van der Waals surface area contributed by atoms with Gasteiger partial charge in [0.2, 0.25) is 0 Å². The maximum absolute atomic E-state index is 11.8. The third-order valence-electron chi connectivity index (χ3n) is 2.55. The summed E-state index contributed by atoms with van der Waals surface area (Å²) < 4.78 is 6.93. The molecule has 0 atom stereocenters. The first kappa shape index (κ1) is 12.7. The van der Waals surface area contributed by atoms with Crippen LogP contribution in [0.5, 0.6) is 5.75 Å². The molecule has 1 aromatic carbocycles. The van der Waals surface area contributed by atoms with Crippen molar-refractivity contribution >= 4 is 11.6 Å². The molecule has 0 N–H and O–H groups in total. The second-order valence-electron chi connectivity index (χ2n) is 3.96. The van der Waals surface area contributed by atoms with Gasteiger partial charge in [0.05, 0.1) is 17.3 Å². The molecule has 0 fully saturated rings. The van der Waals surface area contributed by atoms with Gasteiger partial charge in [0.25, 0.3) is 5.56 Å². The van der Waals surface area contributed by atoms with Gasteiger partial charge in [-0.05, 0) is 37.6 Å². The van der Waals surface area contributed by atoms with Gasteiger partial charge in [0, 0.05) is 12.3 Å². The van der Waals surface area contributed by atoms with E-state index in [-0.39, 0.29) is 5.56 Å². The number of pyridine rings is 1. The second-order valence-corrected chi connectivity index (χ2v) is 4.37. The second kappa shape index (κ2) is 5.27. The quantitative estimate of drug-likeness (QED) is 0.852. The Morgan fingerprint density at radius 2 is 2.06 bits per heavy atom. The summed E-state index contributed by atoms with van der Waals surface area (Å²) in [5.74, 6) is 0.628. The number of nitrogens with zero attached hydrogens (tertiary/aromatic N) is 1. The molecule has 0 bridgehead atoms. The largest absolute Gasteiger partial charge is 0.492 e. The first-order valence-corrected chi connectivity index (χ1v) is 6.11. The number of hydrogen-bond acceptors (Lipinski definition) is 2. The van der Waals surface area contributed by atoms with Gasteiger partial charge in [-0.15, -0.1) is 0 Å². The molecule has 2 aromatic rings. The minimum Gasteiger partial charge on any atom is -0.492 e. The summed E-state index contributed by atoms with van der Waals surface area (Å²) in [5, 5.41) is 0.503. The van der Waals surface area contributed by atoms with Crippen LogP contribution in [-0.4, -0.2) is 11.2 Å². The maximum Gasteiger partial charge on any atom is 0.255 e. The van der Waals surface area contributed by atoms with Gasteiger partial charge in [0.1, 0.15) is 5.75 Å². The van der Waals surface area contributed by atoms with Crippen molar-refractivity contribution in [3.05, 3.63) is 57.5 Å². The molecular weight excluding hydrogens is 250 g/mol. The Kier molecular flexibility index (Phi) is 3.72. The first-order chi connectivity index (χ1) is 8.61. The van der Waals surface area contributed by atoms with Crippen LogP contribution in [0.25, 0.3) is 5.69 Å². The lowest BCUT2D eigenvalue weighted by Crippen LogP contribution is -2.16. The summed E-state index contributed by atoms with van der Waals surface area (Å²) in [4.78, 5) is 11.8. The normalized spacial score (nSPS) is 10.4. The van der Waals surface area contributed by atoms with Gasteiger partial charge in [-0.25, -0.2) is 0 Å². The van der Waals surface area contributed by atoms with Crippen LogP contribution in [0.3, 0.4) is 0 Å². The Hall–Kier alpha value is -1.74. The summed E-state index contributed by atoms with van der Waals surface area (Å²) in [7, 11) is 0. The molecule has 0 aliphatic rings. The molecule has 0 aliphatic heterocycles. The van der Waals surface area contributed by atoms with Crippen LogP contribution in [0, 0.1) is 6.92 Å². The molecule has 0 unspecified atom stereocenters. The van der Waals surface area contributed by atoms with Crippen molar-refractivity contribution in [1.29, 1.82) is 0 Å². The zero-order valence-corrected chi connectivity index (χ0v) is 11.1. The summed E-state index contributed by atoms with van der Waals surface area (Å²) in [5.41, 5.74) is 1.66. The molecule has 1 heterocycles. The summed E-state index contributed by atoms with van der Waals surface area (Å²) in [6.07, 6.45) is 1.79. The molecule has 1 aromatic heterocycles. The average molecular weight is 264 g/mol. The molecule has 0 saturated carbocycles. The molecule has 0 spiro atoms. The highest BCUT2D eigenvalue weighted by atomic mass is 35.5. The van der Waals surface area contributed by atoms with Crippen LogP contribution in [-0.2, 0) is 0 Å². The van der Waals surface area contributed by atoms with Crippen molar-refractivity contribution < 1.29 is 4.74 Å². The van der Waals surface area contributed by atoms with Crippen molar-refractivity contribution in [2.45, 2.75) is 13.8 Å². The van der Waals surface area contributed by atoms with Gasteiger partial charge in [-0.1, -0.05) is 17.7 Å². The lowest BCUT2D eigenvalue weighted by Gasteiger charge is -2.10. The van der Waals surface area contributed by atoms with E-state index in [9.17, 15) is 4.79 Å². The topological polar surface area (TPSA) is 31.2 Å². The molecule has 3 nitrogen and oxygen atoms in total. The molecular formula is C14H14ClNO2. The third kappa shape index (κ3) is 2.57. The number of benzene rings is 1. The zero-order chi connectivity index (χ0) is 13.1.